The molecule has 3 nitrogen and oxygen atoms in total. The van der Waals surface area contributed by atoms with Crippen molar-refractivity contribution in [3.63, 3.8) is 0 Å². The van der Waals surface area contributed by atoms with Gasteiger partial charge in [-0.15, -0.1) is 0 Å². The van der Waals surface area contributed by atoms with Crippen molar-refractivity contribution in [1.82, 2.24) is 10.6 Å². The fourth-order valence-corrected chi connectivity index (χ4v) is 2.60. The highest BCUT2D eigenvalue weighted by atomic mass is 16.5. The summed E-state index contributed by atoms with van der Waals surface area (Å²) in [7, 11) is 0. The summed E-state index contributed by atoms with van der Waals surface area (Å²) >= 11 is 0. The molecule has 2 N–H and O–H groups in total. The minimum atomic E-state index is 0.556. The van der Waals surface area contributed by atoms with Gasteiger partial charge in [0.1, 0.15) is 0 Å². The molecule has 0 aromatic carbocycles. The maximum absolute atomic E-state index is 5.46. The quantitative estimate of drug-likeness (QED) is 0.720. The minimum absolute atomic E-state index is 0.556. The molecule has 16 heavy (non-hydrogen) atoms. The Morgan fingerprint density at radius 2 is 2.31 bits per heavy atom. The standard InChI is InChI=1S/C13H26N2O/c1-11(9-13-10-16-8-7-15-13)14-6-5-12-3-2-4-12/h11-15H,2-10H2,1H3. The maximum Gasteiger partial charge on any atom is 0.0620 e. The van der Waals surface area contributed by atoms with E-state index >= 15 is 0 Å². The lowest BCUT2D eigenvalue weighted by Gasteiger charge is -2.28. The highest BCUT2D eigenvalue weighted by molar-refractivity contribution is 4.77. The van der Waals surface area contributed by atoms with Gasteiger partial charge in [-0.25, -0.2) is 0 Å². The first kappa shape index (κ1) is 12.3. The van der Waals surface area contributed by atoms with Crippen molar-refractivity contribution in [2.75, 3.05) is 26.3 Å². The zero-order valence-corrected chi connectivity index (χ0v) is 10.5. The van der Waals surface area contributed by atoms with Crippen LogP contribution in [0.5, 0.6) is 0 Å². The normalized spacial score (nSPS) is 28.7. The SMILES string of the molecule is CC(CC1COCCN1)NCCC1CCC1. The van der Waals surface area contributed by atoms with Crippen molar-refractivity contribution in [3.05, 3.63) is 0 Å². The second-order valence-corrected chi connectivity index (χ2v) is 5.40. The predicted molar refractivity (Wildman–Crippen MR) is 66.6 cm³/mol. The van der Waals surface area contributed by atoms with E-state index in [4.69, 9.17) is 4.74 Å². The second kappa shape index (κ2) is 6.58. The Hall–Kier alpha value is -0.120. The van der Waals surface area contributed by atoms with Crippen LogP contribution < -0.4 is 10.6 Å². The van der Waals surface area contributed by atoms with Crippen molar-refractivity contribution < 1.29 is 4.74 Å². The number of hydrogen-bond donors (Lipinski definition) is 2. The zero-order valence-electron chi connectivity index (χ0n) is 10.5. The summed E-state index contributed by atoms with van der Waals surface area (Å²) in [5, 5.41) is 7.14. The van der Waals surface area contributed by atoms with Crippen LogP contribution in [0.15, 0.2) is 0 Å². The highest BCUT2D eigenvalue weighted by Gasteiger charge is 2.18. The summed E-state index contributed by atoms with van der Waals surface area (Å²) in [5.74, 6) is 1.02. The lowest BCUT2D eigenvalue weighted by Crippen LogP contribution is -2.45. The van der Waals surface area contributed by atoms with Crippen LogP contribution in [0.2, 0.25) is 0 Å². The molecule has 0 aromatic heterocycles. The minimum Gasteiger partial charge on any atom is -0.379 e. The monoisotopic (exact) mass is 226 g/mol. The van der Waals surface area contributed by atoms with Crippen LogP contribution >= 0.6 is 0 Å². The van der Waals surface area contributed by atoms with Crippen molar-refractivity contribution in [3.8, 4) is 0 Å². The Balaban J connectivity index is 1.50. The molecule has 2 fully saturated rings. The van der Waals surface area contributed by atoms with Gasteiger partial charge in [-0.2, -0.15) is 0 Å². The fraction of sp³-hybridized carbons (Fsp3) is 1.00. The van der Waals surface area contributed by atoms with Crippen LogP contribution in [-0.4, -0.2) is 38.4 Å². The molecule has 2 aliphatic rings. The van der Waals surface area contributed by atoms with E-state index in [9.17, 15) is 0 Å². The van der Waals surface area contributed by atoms with Gasteiger partial charge < -0.3 is 15.4 Å². The van der Waals surface area contributed by atoms with E-state index in [0.29, 0.717) is 12.1 Å². The first-order valence-electron chi connectivity index (χ1n) is 6.89. The van der Waals surface area contributed by atoms with Gasteiger partial charge in [0.05, 0.1) is 13.2 Å². The summed E-state index contributed by atoms with van der Waals surface area (Å²) in [6.45, 7) is 6.25. The molecule has 1 heterocycles. The van der Waals surface area contributed by atoms with Crippen molar-refractivity contribution in [1.29, 1.82) is 0 Å². The van der Waals surface area contributed by atoms with E-state index in [0.717, 1.165) is 25.7 Å². The Morgan fingerprint density at radius 3 is 2.94 bits per heavy atom. The Morgan fingerprint density at radius 1 is 1.44 bits per heavy atom. The first-order chi connectivity index (χ1) is 7.84. The first-order valence-corrected chi connectivity index (χ1v) is 6.89. The van der Waals surface area contributed by atoms with E-state index in [2.05, 4.69) is 17.6 Å². The highest BCUT2D eigenvalue weighted by Crippen LogP contribution is 2.28. The average molecular weight is 226 g/mol. The molecule has 3 heteroatoms. The molecule has 1 saturated carbocycles. The summed E-state index contributed by atoms with van der Waals surface area (Å²) in [6, 6.07) is 1.17. The second-order valence-electron chi connectivity index (χ2n) is 5.40. The molecule has 0 bridgehead atoms. The van der Waals surface area contributed by atoms with Crippen LogP contribution in [0.4, 0.5) is 0 Å². The van der Waals surface area contributed by atoms with Crippen molar-refractivity contribution in [2.45, 2.75) is 51.1 Å². The largest absolute Gasteiger partial charge is 0.379 e. The lowest BCUT2D eigenvalue weighted by molar-refractivity contribution is 0.0711. The molecule has 1 aliphatic heterocycles. The van der Waals surface area contributed by atoms with Gasteiger partial charge in [0, 0.05) is 18.6 Å². The predicted octanol–water partition coefficient (Wildman–Crippen LogP) is 1.53. The molecule has 94 valence electrons. The molecule has 0 radical (unpaired) electrons. The van der Waals surface area contributed by atoms with E-state index in [1.54, 1.807) is 0 Å². The Kier molecular flexibility index (Phi) is 5.07. The van der Waals surface area contributed by atoms with Gasteiger partial charge in [-0.05, 0) is 32.2 Å². The van der Waals surface area contributed by atoms with Gasteiger partial charge >= 0.3 is 0 Å². The van der Waals surface area contributed by atoms with Gasteiger partial charge in [0.25, 0.3) is 0 Å². The molecule has 1 aliphatic carbocycles. The molecule has 0 spiro atoms. The van der Waals surface area contributed by atoms with E-state index in [1.807, 2.05) is 0 Å². The lowest BCUT2D eigenvalue weighted by atomic mass is 9.83. The van der Waals surface area contributed by atoms with Gasteiger partial charge in [0.2, 0.25) is 0 Å². The summed E-state index contributed by atoms with van der Waals surface area (Å²) in [4.78, 5) is 0. The van der Waals surface area contributed by atoms with Crippen LogP contribution in [-0.2, 0) is 4.74 Å². The van der Waals surface area contributed by atoms with Crippen LogP contribution in [0.3, 0.4) is 0 Å². The van der Waals surface area contributed by atoms with Crippen LogP contribution in [0.1, 0.15) is 39.0 Å². The third-order valence-corrected chi connectivity index (χ3v) is 3.91. The molecule has 2 rings (SSSR count). The molecular formula is C13H26N2O. The molecule has 2 atom stereocenters. The molecule has 1 saturated heterocycles. The molecule has 2 unspecified atom stereocenters. The van der Waals surface area contributed by atoms with E-state index < -0.39 is 0 Å². The summed E-state index contributed by atoms with van der Waals surface area (Å²) < 4.78 is 5.46. The third kappa shape index (κ3) is 4.04. The van der Waals surface area contributed by atoms with Gasteiger partial charge in [-0.1, -0.05) is 19.3 Å². The number of hydrogen-bond acceptors (Lipinski definition) is 3. The number of rotatable bonds is 6. The van der Waals surface area contributed by atoms with Gasteiger partial charge in [0.15, 0.2) is 0 Å². The number of ether oxygens (including phenoxy) is 1. The number of nitrogens with one attached hydrogen (secondary N) is 2. The zero-order chi connectivity index (χ0) is 11.2. The molecular weight excluding hydrogens is 200 g/mol. The van der Waals surface area contributed by atoms with Crippen LogP contribution in [0, 0.1) is 5.92 Å². The maximum atomic E-state index is 5.46. The number of morpholine rings is 1. The van der Waals surface area contributed by atoms with E-state index in [1.165, 1.54) is 38.6 Å². The smallest absolute Gasteiger partial charge is 0.0620 e. The average Bonchev–Trinajstić information content (AvgIpc) is 2.23. The van der Waals surface area contributed by atoms with Crippen molar-refractivity contribution >= 4 is 0 Å². The topological polar surface area (TPSA) is 33.3 Å². The Labute approximate surface area is 99.3 Å². The fourth-order valence-electron chi connectivity index (χ4n) is 2.60. The Bertz CT molecular complexity index is 188. The summed E-state index contributed by atoms with van der Waals surface area (Å²) in [5.41, 5.74) is 0. The summed E-state index contributed by atoms with van der Waals surface area (Å²) in [6.07, 6.45) is 6.95. The van der Waals surface area contributed by atoms with Crippen molar-refractivity contribution in [2.24, 2.45) is 5.92 Å². The molecule has 0 aromatic rings. The van der Waals surface area contributed by atoms with E-state index in [-0.39, 0.29) is 0 Å². The van der Waals surface area contributed by atoms with Crippen LogP contribution in [0.25, 0.3) is 0 Å². The van der Waals surface area contributed by atoms with Gasteiger partial charge in [-0.3, -0.25) is 0 Å². The third-order valence-electron chi connectivity index (χ3n) is 3.91. The molecule has 0 amide bonds.